The first-order chi connectivity index (χ1) is 27.4. The van der Waals surface area contributed by atoms with Crippen LogP contribution in [-0.4, -0.2) is 135 Å². The molecule has 4 rings (SSSR count). The van der Waals surface area contributed by atoms with E-state index in [0.29, 0.717) is 0 Å². The smallest absolute Gasteiger partial charge is 0.481 e. The highest BCUT2D eigenvalue weighted by Gasteiger charge is 2.50. The largest absolute Gasteiger partial charge is 0.504 e. The molecule has 11 N–H and O–H groups in total. The molecule has 0 aliphatic carbocycles. The second-order valence-corrected chi connectivity index (χ2v) is 18.4. The lowest BCUT2D eigenvalue weighted by Crippen LogP contribution is -2.46. The molecule has 59 heavy (non-hydrogen) atoms. The summed E-state index contributed by atoms with van der Waals surface area (Å²) in [5.74, 6) is -1.35. The number of phosphoric acid groups is 3. The van der Waals surface area contributed by atoms with Gasteiger partial charge in [-0.15, -0.1) is 0 Å². The normalized spacial score (nSPS) is 21.0. The lowest BCUT2D eigenvalue weighted by Gasteiger charge is -2.30. The van der Waals surface area contributed by atoms with Crippen molar-refractivity contribution in [3.63, 3.8) is 0 Å². The summed E-state index contributed by atoms with van der Waals surface area (Å²) >= 11 is 0.911. The van der Waals surface area contributed by atoms with Crippen molar-refractivity contribution in [1.82, 2.24) is 30.2 Å². The van der Waals surface area contributed by atoms with Crippen LogP contribution in [0.3, 0.4) is 0 Å². The van der Waals surface area contributed by atoms with Gasteiger partial charge in [-0.1, -0.05) is 25.6 Å². The zero-order valence-electron chi connectivity index (χ0n) is 31.2. The molecule has 1 saturated heterocycles. The Bertz CT molecular complexity index is 2140. The number of thioether (sulfide) groups is 1. The molecule has 30 heteroatoms. The monoisotopic (exact) mass is 917 g/mol. The molecule has 7 atom stereocenters. The zero-order valence-corrected chi connectivity index (χ0v) is 34.7. The fraction of sp³-hybridized carbons (Fsp3) is 0.517. The van der Waals surface area contributed by atoms with E-state index in [1.54, 1.807) is 0 Å². The van der Waals surface area contributed by atoms with Crippen molar-refractivity contribution in [2.45, 2.75) is 50.9 Å². The number of aromatic hydroxyl groups is 1. The fourth-order valence-corrected chi connectivity index (χ4v) is 8.67. The number of nitrogens with one attached hydrogen (secondary N) is 2. The summed E-state index contributed by atoms with van der Waals surface area (Å²) in [7, 11) is -15.1. The number of amides is 2. The molecular weight excluding hydrogens is 875 g/mol. The Kier molecular flexibility index (Phi) is 16.2. The lowest BCUT2D eigenvalue weighted by molar-refractivity contribution is -0.137. The zero-order chi connectivity index (χ0) is 43.9. The van der Waals surface area contributed by atoms with Crippen molar-refractivity contribution in [3.05, 3.63) is 36.4 Å². The molecular formula is C29H42N7O19P3S. The maximum atomic E-state index is 12.7. The van der Waals surface area contributed by atoms with Crippen molar-refractivity contribution >= 4 is 69.1 Å². The predicted molar refractivity (Wildman–Crippen MR) is 201 cm³/mol. The topological polar surface area (TPSA) is 393 Å². The highest BCUT2D eigenvalue weighted by Crippen LogP contribution is 2.61. The summed E-state index contributed by atoms with van der Waals surface area (Å²) in [5, 5.41) is 35.7. The minimum Gasteiger partial charge on any atom is -0.504 e. The van der Waals surface area contributed by atoms with Gasteiger partial charge < -0.3 is 60.7 Å². The van der Waals surface area contributed by atoms with Gasteiger partial charge in [0.25, 0.3) is 0 Å². The molecule has 2 aromatic heterocycles. The Hall–Kier alpha value is -3.62. The first-order valence-electron chi connectivity index (χ1n) is 16.9. The van der Waals surface area contributed by atoms with Gasteiger partial charge in [0.2, 0.25) is 16.9 Å². The number of nitrogens with zero attached hydrogens (tertiary/aromatic N) is 4. The minimum absolute atomic E-state index is 0.0222. The first kappa shape index (κ1) is 48.1. The quantitative estimate of drug-likeness (QED) is 0.0484. The van der Waals surface area contributed by atoms with Crippen molar-refractivity contribution in [2.24, 2.45) is 5.41 Å². The van der Waals surface area contributed by atoms with Crippen LogP contribution in [0.4, 0.5) is 5.82 Å². The minimum atomic E-state index is -5.59. The van der Waals surface area contributed by atoms with Gasteiger partial charge in [-0.05, 0) is 18.2 Å². The fourth-order valence-electron chi connectivity index (χ4n) is 5.16. The number of hydrogen-bond donors (Lipinski definition) is 10. The van der Waals surface area contributed by atoms with E-state index in [-0.39, 0.29) is 64.4 Å². The number of hydrogen-bond acceptors (Lipinski definition) is 20. The number of benzene rings is 1. The molecule has 26 nitrogen and oxygen atoms in total. The maximum Gasteiger partial charge on any atom is 0.481 e. The standard InChI is InChI=1S/C29H42N7O19P3S/c1-29(2,23(40)26(41)32-7-6-19(38)31-8-9-59-28(42)15-4-5-16(37)17(10-15)50-3)12-52-58(48,49)55-57(46,47)51-11-18-22(54-56(43,44)45)21(39)27(53-18)36-14-35-20-24(30)33-13-34-25(20)36/h4-5,10,13-14,18,21-23,27,37,39-40H,6-9,11-12H2,1-3H3,(H,31,38)(H,32,41)(H,46,47)(H,48,49)(H2,30,33,34)(H2,43,44,45)/t18-,21-,22-,23+,27-/m1/s1. The van der Waals surface area contributed by atoms with Crippen LogP contribution in [0.25, 0.3) is 11.2 Å². The molecule has 1 aliphatic rings. The van der Waals surface area contributed by atoms with E-state index in [9.17, 15) is 63.0 Å². The maximum absolute atomic E-state index is 12.7. The molecule has 2 amide bonds. The van der Waals surface area contributed by atoms with E-state index < -0.39 is 84.6 Å². The van der Waals surface area contributed by atoms with Gasteiger partial charge in [0.1, 0.15) is 36.3 Å². The second kappa shape index (κ2) is 19.8. The van der Waals surface area contributed by atoms with Crippen LogP contribution < -0.4 is 21.1 Å². The molecule has 3 heterocycles. The van der Waals surface area contributed by atoms with Gasteiger partial charge in [-0.25, -0.2) is 28.6 Å². The van der Waals surface area contributed by atoms with E-state index in [2.05, 4.69) is 34.4 Å². The number of phenolic OH excluding ortho intramolecular Hbond substituents is 1. The Morgan fingerprint density at radius 1 is 1.05 bits per heavy atom. The third-order valence-corrected chi connectivity index (χ3v) is 12.2. The molecule has 3 aromatic rings. The number of carbonyl (C=O) groups is 3. The molecule has 1 aromatic carbocycles. The number of carbonyl (C=O) groups excluding carboxylic acids is 3. The van der Waals surface area contributed by atoms with E-state index in [4.69, 9.17) is 24.3 Å². The molecule has 0 spiro atoms. The molecule has 328 valence electrons. The molecule has 0 saturated carbocycles. The van der Waals surface area contributed by atoms with Gasteiger partial charge >= 0.3 is 23.5 Å². The summed E-state index contributed by atoms with van der Waals surface area (Å²) in [6.07, 6.45) is -7.06. The number of nitrogen functional groups attached to an aromatic ring is 1. The van der Waals surface area contributed by atoms with Crippen LogP contribution in [0.2, 0.25) is 0 Å². The Balaban J connectivity index is 1.22. The Morgan fingerprint density at radius 2 is 1.75 bits per heavy atom. The predicted octanol–water partition coefficient (Wildman–Crippen LogP) is -0.307. The van der Waals surface area contributed by atoms with Crippen LogP contribution in [-0.2, 0) is 45.9 Å². The average Bonchev–Trinajstić information content (AvgIpc) is 3.71. The number of anilines is 1. The van der Waals surface area contributed by atoms with Crippen LogP contribution in [0.15, 0.2) is 30.9 Å². The number of aliphatic hydroxyl groups excluding tert-OH is 2. The number of aromatic nitrogens is 4. The number of nitrogens with two attached hydrogens (primary N) is 1. The highest BCUT2D eigenvalue weighted by atomic mass is 32.2. The van der Waals surface area contributed by atoms with Gasteiger partial charge in [-0.3, -0.25) is 32.5 Å². The van der Waals surface area contributed by atoms with Gasteiger partial charge in [0.15, 0.2) is 29.2 Å². The molecule has 0 bridgehead atoms. The average molecular weight is 918 g/mol. The lowest BCUT2D eigenvalue weighted by atomic mass is 9.87. The van der Waals surface area contributed by atoms with E-state index in [1.807, 2.05) is 0 Å². The number of phosphoric ester groups is 3. The van der Waals surface area contributed by atoms with Crippen LogP contribution in [0.5, 0.6) is 11.5 Å². The highest BCUT2D eigenvalue weighted by molar-refractivity contribution is 8.14. The Morgan fingerprint density at radius 3 is 2.42 bits per heavy atom. The van der Waals surface area contributed by atoms with Crippen molar-refractivity contribution in [3.8, 4) is 11.5 Å². The van der Waals surface area contributed by atoms with E-state index in [0.717, 1.165) is 29.0 Å². The first-order valence-corrected chi connectivity index (χ1v) is 22.4. The summed E-state index contributed by atoms with van der Waals surface area (Å²) < 4.78 is 67.1. The second-order valence-electron chi connectivity index (χ2n) is 13.1. The van der Waals surface area contributed by atoms with Crippen LogP contribution in [0.1, 0.15) is 36.9 Å². The third-order valence-electron chi connectivity index (χ3n) is 8.15. The van der Waals surface area contributed by atoms with Gasteiger partial charge in [0, 0.05) is 36.2 Å². The van der Waals surface area contributed by atoms with Crippen LogP contribution in [0, 0.1) is 5.41 Å². The summed E-state index contributed by atoms with van der Waals surface area (Å²) in [4.78, 5) is 88.1. The van der Waals surface area contributed by atoms with Gasteiger partial charge in [0.05, 0.1) is 26.7 Å². The molecule has 1 aliphatic heterocycles. The van der Waals surface area contributed by atoms with E-state index in [1.165, 1.54) is 39.2 Å². The Labute approximate surface area is 338 Å². The number of fused-ring (bicyclic) bond motifs is 1. The van der Waals surface area contributed by atoms with E-state index >= 15 is 0 Å². The van der Waals surface area contributed by atoms with Crippen molar-refractivity contribution in [1.29, 1.82) is 0 Å². The number of methoxy groups -OCH3 is 1. The summed E-state index contributed by atoms with van der Waals surface area (Å²) in [6, 6.07) is 4.10. The number of rotatable bonds is 21. The number of aliphatic hydroxyl groups is 2. The number of imidazole rings is 1. The number of phenols is 1. The number of ether oxygens (including phenoxy) is 2. The van der Waals surface area contributed by atoms with Crippen LogP contribution >= 0.6 is 35.2 Å². The third kappa shape index (κ3) is 13.4. The summed E-state index contributed by atoms with van der Waals surface area (Å²) in [6.45, 7) is 0.268. The molecule has 0 radical (unpaired) electrons. The van der Waals surface area contributed by atoms with Crippen molar-refractivity contribution < 1.29 is 90.3 Å². The SMILES string of the molecule is COc1cc(C(=O)SCCNC(=O)CCNC(=O)[C@H](O)C(C)(C)COP(=O)(O)OP(=O)(O)OC[C@H]2O[C@@H](n3cnc4c(N)ncnc43)[C@H](O)[C@@H]2OP(=O)(O)O)ccc1O. The molecule has 2 unspecified atom stereocenters. The molecule has 1 fully saturated rings. The summed E-state index contributed by atoms with van der Waals surface area (Å²) in [5.41, 5.74) is 4.50. The van der Waals surface area contributed by atoms with Crippen molar-refractivity contribution in [2.75, 3.05) is 44.9 Å². The van der Waals surface area contributed by atoms with Gasteiger partial charge in [-0.2, -0.15) is 4.31 Å².